The molecule has 0 heterocycles. The van der Waals surface area contributed by atoms with E-state index < -0.39 is 0 Å². The van der Waals surface area contributed by atoms with Gasteiger partial charge >= 0.3 is 0 Å². The van der Waals surface area contributed by atoms with Crippen LogP contribution < -0.4 is 0 Å². The van der Waals surface area contributed by atoms with Gasteiger partial charge < -0.3 is 13.8 Å². The third kappa shape index (κ3) is 124. The van der Waals surface area contributed by atoms with Gasteiger partial charge in [-0.2, -0.15) is 11.8 Å². The van der Waals surface area contributed by atoms with Gasteiger partial charge in [-0.25, -0.2) is 0 Å². The fraction of sp³-hybridized carbons (Fsp3) is 0.895. The maximum Gasteiger partial charge on any atom is 0 e. The molecule has 127 valence electrons. The molecule has 0 unspecified atom stereocenters. The minimum atomic E-state index is 0. The third-order valence-corrected chi connectivity index (χ3v) is 1.56. The van der Waals surface area contributed by atoms with Crippen molar-refractivity contribution in [1.29, 1.82) is 0 Å². The molecule has 20 heavy (non-hydrogen) atoms. The molecule has 0 spiro atoms. The Hall–Kier alpha value is 1.10. The minimum absolute atomic E-state index is 0. The van der Waals surface area contributed by atoms with Crippen molar-refractivity contribution in [3.63, 3.8) is 0 Å². The Bertz CT molecular complexity index is 95.4. The van der Waals surface area contributed by atoms with Crippen molar-refractivity contribution in [2.45, 2.75) is 89.5 Å². The number of rotatable bonds is 4. The van der Waals surface area contributed by atoms with Gasteiger partial charge in [-0.3, -0.25) is 0 Å². The van der Waals surface area contributed by atoms with Gasteiger partial charge in [0.05, 0.1) is 0 Å². The Labute approximate surface area is 159 Å². The molecular formula is C19H46Y-2. The van der Waals surface area contributed by atoms with Gasteiger partial charge in [0.25, 0.3) is 0 Å². The Morgan fingerprint density at radius 3 is 0.850 bits per heavy atom. The molecular weight excluding hydrogens is 317 g/mol. The third-order valence-electron chi connectivity index (χ3n) is 1.56. The quantitative estimate of drug-likeness (QED) is 0.449. The summed E-state index contributed by atoms with van der Waals surface area (Å²) in [6.07, 6.45) is 4.21. The van der Waals surface area contributed by atoms with E-state index in [1.165, 1.54) is 19.3 Å². The molecule has 0 rings (SSSR count). The number of hydrogen-bond acceptors (Lipinski definition) is 0. The van der Waals surface area contributed by atoms with Gasteiger partial charge in [0.2, 0.25) is 0 Å². The minimum Gasteiger partial charge on any atom is -0.341 e. The first-order valence-electron chi connectivity index (χ1n) is 7.25. The molecule has 1 heteroatoms. The molecule has 0 nitrogen and oxygen atoms in total. The first kappa shape index (κ1) is 37.4. The van der Waals surface area contributed by atoms with Gasteiger partial charge in [0, 0.05) is 32.7 Å². The van der Waals surface area contributed by atoms with E-state index in [2.05, 4.69) is 69.2 Å². The summed E-state index contributed by atoms with van der Waals surface area (Å²) in [6, 6.07) is 0. The maximum absolute atomic E-state index is 3.64. The second-order valence-corrected chi connectivity index (χ2v) is 6.51. The van der Waals surface area contributed by atoms with Crippen LogP contribution in [0.15, 0.2) is 0 Å². The molecule has 0 aliphatic rings. The van der Waals surface area contributed by atoms with E-state index in [9.17, 15) is 0 Å². The zero-order chi connectivity index (χ0) is 14.4. The van der Waals surface area contributed by atoms with Gasteiger partial charge in [-0.05, 0) is 11.8 Å². The molecule has 0 saturated heterocycles. The Morgan fingerprint density at radius 2 is 0.750 bits per heavy atom. The largest absolute Gasteiger partial charge is 0.341 e. The summed E-state index contributed by atoms with van der Waals surface area (Å²) in [5.41, 5.74) is 0. The van der Waals surface area contributed by atoms with Crippen molar-refractivity contribution in [2.24, 2.45) is 23.7 Å². The van der Waals surface area contributed by atoms with E-state index in [4.69, 9.17) is 0 Å². The summed E-state index contributed by atoms with van der Waals surface area (Å²) in [5, 5.41) is 0. The van der Waals surface area contributed by atoms with Crippen molar-refractivity contribution in [3.8, 4) is 0 Å². The molecule has 0 aromatic rings. The summed E-state index contributed by atoms with van der Waals surface area (Å²) < 4.78 is 0. The molecule has 0 aliphatic carbocycles. The van der Waals surface area contributed by atoms with Crippen molar-refractivity contribution >= 4 is 0 Å². The van der Waals surface area contributed by atoms with Crippen LogP contribution in [-0.4, -0.2) is 0 Å². The zero-order valence-electron chi connectivity index (χ0n) is 14.4. The van der Waals surface area contributed by atoms with Crippen molar-refractivity contribution < 1.29 is 32.7 Å². The van der Waals surface area contributed by atoms with Crippen LogP contribution in [0.1, 0.15) is 89.5 Å². The van der Waals surface area contributed by atoms with Gasteiger partial charge in [-0.15, -0.1) is 0 Å². The second-order valence-electron chi connectivity index (χ2n) is 6.51. The van der Waals surface area contributed by atoms with Crippen LogP contribution >= 0.6 is 0 Å². The van der Waals surface area contributed by atoms with E-state index in [1.807, 2.05) is 0 Å². The van der Waals surface area contributed by atoms with Crippen LogP contribution in [0.25, 0.3) is 0 Å². The predicted molar refractivity (Wildman–Crippen MR) is 97.4 cm³/mol. The average Bonchev–Trinajstić information content (AvgIpc) is 1.99. The summed E-state index contributed by atoms with van der Waals surface area (Å²) >= 11 is 0. The molecule has 0 aromatic carbocycles. The Balaban J connectivity index is -0.0000000386. The molecule has 0 saturated carbocycles. The monoisotopic (exact) mass is 363 g/mol. The molecule has 0 fully saturated rings. The van der Waals surface area contributed by atoms with Crippen LogP contribution in [0.2, 0.25) is 0 Å². The first-order chi connectivity index (χ1) is 7.59. The van der Waals surface area contributed by atoms with Crippen LogP contribution in [0, 0.1) is 37.5 Å². The van der Waals surface area contributed by atoms with Crippen molar-refractivity contribution in [1.82, 2.24) is 0 Å². The van der Waals surface area contributed by atoms with Crippen LogP contribution in [0.4, 0.5) is 0 Å². The fourth-order valence-corrected chi connectivity index (χ4v) is 0.934. The molecule has 0 N–H and O–H groups in total. The predicted octanol–water partition coefficient (Wildman–Crippen LogP) is 7.69. The van der Waals surface area contributed by atoms with E-state index in [-0.39, 0.29) is 47.6 Å². The van der Waals surface area contributed by atoms with Gasteiger partial charge in [0.15, 0.2) is 0 Å². The molecule has 0 amide bonds. The summed E-state index contributed by atoms with van der Waals surface area (Å²) in [6.45, 7) is 24.7. The Morgan fingerprint density at radius 1 is 0.600 bits per heavy atom. The smallest absolute Gasteiger partial charge is 0 e. The van der Waals surface area contributed by atoms with Crippen LogP contribution in [0.3, 0.4) is 0 Å². The summed E-state index contributed by atoms with van der Waals surface area (Å²) in [4.78, 5) is 0. The van der Waals surface area contributed by atoms with Crippen molar-refractivity contribution in [2.75, 3.05) is 0 Å². The van der Waals surface area contributed by atoms with Crippen LogP contribution in [-0.2, 0) is 32.7 Å². The van der Waals surface area contributed by atoms with E-state index in [1.54, 1.807) is 0 Å². The van der Waals surface area contributed by atoms with E-state index in [0.29, 0.717) is 11.8 Å². The normalized spacial score (nSPS) is 8.70. The molecule has 0 aliphatic heterocycles. The molecule has 0 atom stereocenters. The van der Waals surface area contributed by atoms with Crippen molar-refractivity contribution in [3.05, 3.63) is 13.8 Å². The first-order valence-corrected chi connectivity index (χ1v) is 7.25. The molecule has 0 bridgehead atoms. The zero-order valence-corrected chi connectivity index (χ0v) is 17.3. The summed E-state index contributed by atoms with van der Waals surface area (Å²) in [5.74, 6) is 2.95. The topological polar surface area (TPSA) is 0 Å². The number of hydrogen-bond donors (Lipinski definition) is 0. The van der Waals surface area contributed by atoms with Crippen LogP contribution in [0.5, 0.6) is 0 Å². The standard InChI is InChI=1S/C9H20.2C4H9.2CH4.Y/c1-8(2)6-5-7-9(3)4;2*1-4(2)3;;;/h8-9H,5-7H2,1-4H3;2*4H,1H2,2-3H3;2*1H4;/q;2*-1;;;. The van der Waals surface area contributed by atoms with E-state index >= 15 is 0 Å². The average molecular weight is 363 g/mol. The maximum atomic E-state index is 3.64. The van der Waals surface area contributed by atoms with E-state index in [0.717, 1.165) is 11.8 Å². The second kappa shape index (κ2) is 28.3. The molecule has 0 aromatic heterocycles. The fourth-order valence-electron chi connectivity index (χ4n) is 0.934. The SMILES string of the molecule is C.C.CC(C)CCCC(C)C.[CH2-]C(C)C.[CH2-]C(C)C.[Y]. The molecule has 1 radical (unpaired) electrons. The summed E-state index contributed by atoms with van der Waals surface area (Å²) in [7, 11) is 0. The Kier molecular flexibility index (Phi) is 52.9. The van der Waals surface area contributed by atoms with Gasteiger partial charge in [0.1, 0.15) is 0 Å². The van der Waals surface area contributed by atoms with Gasteiger partial charge in [-0.1, -0.05) is 89.5 Å².